The van der Waals surface area contributed by atoms with Gasteiger partial charge in [0.05, 0.1) is 18.1 Å². The largest absolute Gasteiger partial charge is 0.457 e. The lowest BCUT2D eigenvalue weighted by Gasteiger charge is -2.31. The van der Waals surface area contributed by atoms with Crippen molar-refractivity contribution in [2.45, 2.75) is 5.92 Å². The van der Waals surface area contributed by atoms with Gasteiger partial charge in [0.1, 0.15) is 11.5 Å². The Kier molecular flexibility index (Phi) is 7.45. The summed E-state index contributed by atoms with van der Waals surface area (Å²) in [6.07, 6.45) is 0. The summed E-state index contributed by atoms with van der Waals surface area (Å²) in [6.45, 7) is -0.0376. The van der Waals surface area contributed by atoms with Gasteiger partial charge in [-0.3, -0.25) is 19.7 Å². The summed E-state index contributed by atoms with van der Waals surface area (Å²) in [4.78, 5) is 36.2. The molecular weight excluding hydrogens is 550 g/mol. The van der Waals surface area contributed by atoms with Crippen molar-refractivity contribution in [2.75, 3.05) is 26.3 Å². The predicted molar refractivity (Wildman–Crippen MR) is 161 cm³/mol. The molecule has 0 saturated carbocycles. The molecule has 5 aromatic carbocycles. The van der Waals surface area contributed by atoms with Gasteiger partial charge in [0.2, 0.25) is 0 Å². The number of carbonyl (C=O) groups excluding carboxylic acids is 2. The van der Waals surface area contributed by atoms with E-state index in [1.54, 1.807) is 36.4 Å². The first-order chi connectivity index (χ1) is 20.9. The van der Waals surface area contributed by atoms with Crippen LogP contribution < -0.4 is 15.4 Å². The van der Waals surface area contributed by atoms with Crippen LogP contribution in [0.15, 0.2) is 84.9 Å². The molecule has 1 aliphatic rings. The Morgan fingerprint density at radius 1 is 0.721 bits per heavy atom. The second kappa shape index (κ2) is 11.5. The summed E-state index contributed by atoms with van der Waals surface area (Å²) in [5.74, 6) is 0.259. The molecule has 0 bridgehead atoms. The van der Waals surface area contributed by atoms with Gasteiger partial charge in [-0.15, -0.1) is 0 Å². The first-order valence-corrected chi connectivity index (χ1v) is 13.7. The van der Waals surface area contributed by atoms with E-state index in [0.29, 0.717) is 22.6 Å². The summed E-state index contributed by atoms with van der Waals surface area (Å²) >= 11 is 0. The highest BCUT2D eigenvalue weighted by Crippen LogP contribution is 2.52. The number of non-ortho nitro benzene ring substituents is 1. The zero-order valence-electron chi connectivity index (χ0n) is 22.9. The van der Waals surface area contributed by atoms with Gasteiger partial charge < -0.3 is 25.6 Å². The zero-order valence-corrected chi connectivity index (χ0v) is 22.9. The van der Waals surface area contributed by atoms with Crippen molar-refractivity contribution in [3.63, 3.8) is 0 Å². The number of hydrogen-bond donors (Lipinski definition) is 4. The van der Waals surface area contributed by atoms with Crippen LogP contribution in [0.25, 0.3) is 21.5 Å². The van der Waals surface area contributed by atoms with Crippen molar-refractivity contribution in [3.05, 3.63) is 123 Å². The van der Waals surface area contributed by atoms with Gasteiger partial charge in [-0.2, -0.15) is 0 Å². The zero-order chi connectivity index (χ0) is 30.1. The van der Waals surface area contributed by atoms with E-state index in [1.165, 1.54) is 12.1 Å². The molecule has 6 rings (SSSR count). The van der Waals surface area contributed by atoms with Crippen molar-refractivity contribution < 1.29 is 29.5 Å². The maximum Gasteiger partial charge on any atom is 0.269 e. The number of ether oxygens (including phenoxy) is 1. The average molecular weight is 578 g/mol. The van der Waals surface area contributed by atoms with E-state index in [-0.39, 0.29) is 43.8 Å². The van der Waals surface area contributed by atoms with Gasteiger partial charge in [-0.05, 0) is 63.5 Å². The molecule has 10 heteroatoms. The molecule has 0 radical (unpaired) electrons. The van der Waals surface area contributed by atoms with Gasteiger partial charge in [0.15, 0.2) is 0 Å². The van der Waals surface area contributed by atoms with Crippen LogP contribution in [-0.4, -0.2) is 53.3 Å². The number of fused-ring (bicyclic) bond motifs is 6. The van der Waals surface area contributed by atoms with Gasteiger partial charge in [-0.1, -0.05) is 36.4 Å². The molecule has 216 valence electrons. The number of amides is 2. The predicted octanol–water partition coefficient (Wildman–Crippen LogP) is 4.63. The SMILES string of the molecule is O=C(NCCO)c1ccc2c3c(ccc2c1)Oc1ccc2cc(C(=O)NCCO)ccc2c1C3c1ccc([N+](=O)[O-])cc1. The van der Waals surface area contributed by atoms with Crippen LogP contribution in [0, 0.1) is 10.1 Å². The number of nitrogens with zero attached hydrogens (tertiary/aromatic N) is 1. The third-order valence-electron chi connectivity index (χ3n) is 7.60. The van der Waals surface area contributed by atoms with Crippen LogP contribution in [0.2, 0.25) is 0 Å². The number of aliphatic hydroxyl groups excluding tert-OH is 2. The molecule has 0 spiro atoms. The summed E-state index contributed by atoms with van der Waals surface area (Å²) < 4.78 is 6.45. The molecule has 1 aliphatic heterocycles. The molecule has 2 amide bonds. The van der Waals surface area contributed by atoms with E-state index >= 15 is 0 Å². The molecule has 5 aromatic rings. The van der Waals surface area contributed by atoms with E-state index in [1.807, 2.05) is 36.4 Å². The highest BCUT2D eigenvalue weighted by atomic mass is 16.6. The van der Waals surface area contributed by atoms with Gasteiger partial charge in [-0.25, -0.2) is 0 Å². The first kappa shape index (κ1) is 27.8. The minimum atomic E-state index is -0.437. The van der Waals surface area contributed by atoms with E-state index in [4.69, 9.17) is 14.9 Å². The number of rotatable bonds is 8. The average Bonchev–Trinajstić information content (AvgIpc) is 3.04. The third kappa shape index (κ3) is 5.14. The number of benzene rings is 5. The number of nitro groups is 1. The number of hydrogen-bond acceptors (Lipinski definition) is 7. The van der Waals surface area contributed by atoms with Gasteiger partial charge in [0, 0.05) is 53.4 Å². The Morgan fingerprint density at radius 2 is 1.21 bits per heavy atom. The second-order valence-corrected chi connectivity index (χ2v) is 10.2. The van der Waals surface area contributed by atoms with Crippen LogP contribution in [-0.2, 0) is 0 Å². The molecule has 0 atom stereocenters. The maximum atomic E-state index is 12.6. The molecular formula is C33H27N3O7. The number of nitro benzene ring substituents is 1. The van der Waals surface area contributed by atoms with Crippen LogP contribution in [0.3, 0.4) is 0 Å². The molecule has 0 fully saturated rings. The van der Waals surface area contributed by atoms with Crippen molar-refractivity contribution in [1.82, 2.24) is 10.6 Å². The highest BCUT2D eigenvalue weighted by molar-refractivity contribution is 6.02. The Morgan fingerprint density at radius 3 is 1.65 bits per heavy atom. The smallest absolute Gasteiger partial charge is 0.269 e. The third-order valence-corrected chi connectivity index (χ3v) is 7.60. The van der Waals surface area contributed by atoms with Crippen LogP contribution in [0.4, 0.5) is 5.69 Å². The Bertz CT molecular complexity index is 1790. The molecule has 0 aliphatic carbocycles. The minimum Gasteiger partial charge on any atom is -0.457 e. The van der Waals surface area contributed by atoms with E-state index in [0.717, 1.165) is 38.2 Å². The molecule has 10 nitrogen and oxygen atoms in total. The number of aliphatic hydroxyl groups is 2. The summed E-state index contributed by atoms with van der Waals surface area (Å²) in [7, 11) is 0. The summed E-state index contributed by atoms with van der Waals surface area (Å²) in [5.41, 5.74) is 3.37. The van der Waals surface area contributed by atoms with E-state index < -0.39 is 10.8 Å². The van der Waals surface area contributed by atoms with Gasteiger partial charge >= 0.3 is 0 Å². The fourth-order valence-corrected chi connectivity index (χ4v) is 5.65. The van der Waals surface area contributed by atoms with Crippen molar-refractivity contribution in [2.24, 2.45) is 0 Å². The van der Waals surface area contributed by atoms with Crippen LogP contribution >= 0.6 is 0 Å². The lowest BCUT2D eigenvalue weighted by Crippen LogP contribution is -2.26. The molecule has 1 heterocycles. The second-order valence-electron chi connectivity index (χ2n) is 10.2. The number of carbonyl (C=O) groups is 2. The molecule has 0 saturated heterocycles. The van der Waals surface area contributed by atoms with Gasteiger partial charge in [0.25, 0.3) is 17.5 Å². The van der Waals surface area contributed by atoms with Crippen molar-refractivity contribution in [1.29, 1.82) is 0 Å². The van der Waals surface area contributed by atoms with Crippen LogP contribution in [0.5, 0.6) is 11.5 Å². The minimum absolute atomic E-state index is 0.0239. The molecule has 0 aromatic heterocycles. The standard InChI is InChI=1S/C33H27N3O7/c37-15-13-34-32(39)22-3-9-25-20(17-22)5-11-27-30(25)29(19-1-7-24(8-2-19)36(41)42)31-26-10-4-23(33(40)35-14-16-38)18-21(26)6-12-28(31)43-27/h1-12,17-18,29,37-38H,13-16H2,(H,34,39)(H,35,40). The fraction of sp³-hybridized carbons (Fsp3) is 0.152. The molecule has 43 heavy (non-hydrogen) atoms. The maximum absolute atomic E-state index is 12.6. The topological polar surface area (TPSA) is 151 Å². The lowest BCUT2D eigenvalue weighted by molar-refractivity contribution is -0.384. The fourth-order valence-electron chi connectivity index (χ4n) is 5.65. The first-order valence-electron chi connectivity index (χ1n) is 13.7. The Labute approximate surface area is 245 Å². The Balaban J connectivity index is 1.55. The van der Waals surface area contributed by atoms with Crippen molar-refractivity contribution in [3.8, 4) is 11.5 Å². The highest BCUT2D eigenvalue weighted by Gasteiger charge is 2.32. The van der Waals surface area contributed by atoms with E-state index in [2.05, 4.69) is 10.6 Å². The number of nitrogens with one attached hydrogen (secondary N) is 2. The van der Waals surface area contributed by atoms with Crippen LogP contribution in [0.1, 0.15) is 43.3 Å². The quantitative estimate of drug-likeness (QED) is 0.152. The normalized spacial score (nSPS) is 12.3. The van der Waals surface area contributed by atoms with Crippen molar-refractivity contribution >= 4 is 39.0 Å². The van der Waals surface area contributed by atoms with E-state index in [9.17, 15) is 19.7 Å². The summed E-state index contributed by atoms with van der Waals surface area (Å²) in [6, 6.07) is 24.7. The lowest BCUT2D eigenvalue weighted by atomic mass is 9.78. The monoisotopic (exact) mass is 577 g/mol. The molecule has 4 N–H and O–H groups in total. The molecule has 0 unspecified atom stereocenters. The Hall–Kier alpha value is -5.32. The summed E-state index contributed by atoms with van der Waals surface area (Å²) in [5, 5.41) is 38.3.